The third kappa shape index (κ3) is 4.13. The lowest BCUT2D eigenvalue weighted by molar-refractivity contribution is -0.141. The summed E-state index contributed by atoms with van der Waals surface area (Å²) in [7, 11) is 0. The number of fused-ring (bicyclic) bond motifs is 3. The monoisotopic (exact) mass is 541 g/mol. The van der Waals surface area contributed by atoms with E-state index in [-0.39, 0.29) is 5.02 Å². The topological polar surface area (TPSA) is 65.8 Å². The first-order valence-corrected chi connectivity index (χ1v) is 12.1. The van der Waals surface area contributed by atoms with Crippen LogP contribution in [0.25, 0.3) is 0 Å². The summed E-state index contributed by atoms with van der Waals surface area (Å²) >= 11 is 14.3. The van der Waals surface area contributed by atoms with Gasteiger partial charge in [0.1, 0.15) is 24.3 Å². The van der Waals surface area contributed by atoms with Gasteiger partial charge in [-0.05, 0) is 23.3 Å². The number of alkyl halides is 3. The van der Waals surface area contributed by atoms with Crippen LogP contribution in [0.1, 0.15) is 33.2 Å². The van der Waals surface area contributed by atoms with Gasteiger partial charge in [-0.3, -0.25) is 19.3 Å². The molecule has 0 aliphatic carbocycles. The molecule has 182 valence electrons. The van der Waals surface area contributed by atoms with Crippen molar-refractivity contribution in [1.82, 2.24) is 9.58 Å². The van der Waals surface area contributed by atoms with E-state index in [0.29, 0.717) is 21.2 Å². The molecule has 0 radical (unpaired) electrons. The average Bonchev–Trinajstić information content (AvgIpc) is 2.96. The van der Waals surface area contributed by atoms with Gasteiger partial charge in [-0.2, -0.15) is 13.2 Å². The summed E-state index contributed by atoms with van der Waals surface area (Å²) in [6, 6.07) is 12.0. The predicted molar refractivity (Wildman–Crippen MR) is 127 cm³/mol. The average molecular weight is 542 g/mol. The second-order valence-corrected chi connectivity index (χ2v) is 9.92. The van der Waals surface area contributed by atoms with Gasteiger partial charge in [-0.15, -0.1) is 11.8 Å². The minimum absolute atomic E-state index is 0.385. The number of thioether (sulfide) groups is 1. The van der Waals surface area contributed by atoms with Crippen LogP contribution < -0.4 is 10.4 Å². The minimum atomic E-state index is -4.71. The molecule has 12 heteroatoms. The van der Waals surface area contributed by atoms with E-state index in [2.05, 4.69) is 0 Å². The Labute approximate surface area is 211 Å². The number of pyridine rings is 1. The summed E-state index contributed by atoms with van der Waals surface area (Å²) in [5.41, 5.74) is 0.605. The Kier molecular flexibility index (Phi) is 5.93. The standard InChI is InChI=1S/C23H16Cl2F3N3O3S/c24-14-6-3-4-12-9-35-16-7-2-1-5-13(16)18(17(12)14)31-11-29(10-23(26,27)28)22(34)19-21(33)20(32)15(25)8-30(19)31/h1-8,18,33H,9-11H2/t18-/m1/s1. The maximum atomic E-state index is 13.4. The second kappa shape index (κ2) is 8.69. The predicted octanol–water partition coefficient (Wildman–Crippen LogP) is 5.17. The maximum Gasteiger partial charge on any atom is 0.406 e. The third-order valence-electron chi connectivity index (χ3n) is 5.88. The summed E-state index contributed by atoms with van der Waals surface area (Å²) in [6.07, 6.45) is -3.57. The van der Waals surface area contributed by atoms with Gasteiger partial charge in [0.15, 0.2) is 11.4 Å². The zero-order chi connectivity index (χ0) is 25.1. The molecule has 1 N–H and O–H groups in total. The number of halogens is 5. The van der Waals surface area contributed by atoms with Gasteiger partial charge in [0, 0.05) is 27.4 Å². The maximum absolute atomic E-state index is 13.4. The first kappa shape index (κ1) is 23.9. The lowest BCUT2D eigenvalue weighted by Crippen LogP contribution is -2.57. The Morgan fingerprint density at radius 2 is 1.80 bits per heavy atom. The van der Waals surface area contributed by atoms with E-state index in [0.717, 1.165) is 22.2 Å². The van der Waals surface area contributed by atoms with E-state index in [1.807, 2.05) is 24.3 Å². The molecule has 35 heavy (non-hydrogen) atoms. The number of rotatable bonds is 2. The van der Waals surface area contributed by atoms with E-state index in [1.54, 1.807) is 30.0 Å². The summed E-state index contributed by atoms with van der Waals surface area (Å²) in [5.74, 6) is -1.60. The molecular weight excluding hydrogens is 526 g/mol. The van der Waals surface area contributed by atoms with Crippen molar-refractivity contribution in [2.75, 3.05) is 18.2 Å². The summed E-state index contributed by atoms with van der Waals surface area (Å²) in [6.45, 7) is -2.07. The quantitative estimate of drug-likeness (QED) is 0.484. The Morgan fingerprint density at radius 1 is 1.06 bits per heavy atom. The number of nitrogens with zero attached hydrogens (tertiary/aromatic N) is 3. The molecule has 3 aromatic rings. The van der Waals surface area contributed by atoms with Gasteiger partial charge in [-0.25, -0.2) is 0 Å². The molecule has 5 rings (SSSR count). The highest BCUT2D eigenvalue weighted by Crippen LogP contribution is 2.45. The van der Waals surface area contributed by atoms with Crippen LogP contribution in [0.2, 0.25) is 10.0 Å². The number of carbonyl (C=O) groups excluding carboxylic acids is 1. The number of hydrogen-bond acceptors (Lipinski definition) is 5. The fraction of sp³-hybridized carbons (Fsp3) is 0.217. The Morgan fingerprint density at radius 3 is 2.54 bits per heavy atom. The summed E-state index contributed by atoms with van der Waals surface area (Å²) < 4.78 is 41.4. The van der Waals surface area contributed by atoms with Gasteiger partial charge in [-0.1, -0.05) is 53.5 Å². The highest BCUT2D eigenvalue weighted by molar-refractivity contribution is 7.98. The molecule has 3 heterocycles. The molecule has 2 aliphatic rings. The minimum Gasteiger partial charge on any atom is -0.502 e. The highest BCUT2D eigenvalue weighted by Gasteiger charge is 2.43. The van der Waals surface area contributed by atoms with Crippen LogP contribution in [0.3, 0.4) is 0 Å². The molecule has 2 aliphatic heterocycles. The van der Waals surface area contributed by atoms with E-state index >= 15 is 0 Å². The second-order valence-electron chi connectivity index (χ2n) is 8.09. The van der Waals surface area contributed by atoms with Crippen molar-refractivity contribution in [2.24, 2.45) is 0 Å². The normalized spacial score (nSPS) is 17.5. The van der Waals surface area contributed by atoms with Crippen LogP contribution in [0.15, 0.2) is 58.4 Å². The summed E-state index contributed by atoms with van der Waals surface area (Å²) in [4.78, 5) is 26.8. The molecule has 0 bridgehead atoms. The van der Waals surface area contributed by atoms with Crippen LogP contribution in [0.4, 0.5) is 13.2 Å². The number of benzene rings is 2. The van der Waals surface area contributed by atoms with Crippen molar-refractivity contribution in [2.45, 2.75) is 22.9 Å². The first-order valence-electron chi connectivity index (χ1n) is 10.3. The Hall–Kier alpha value is -2.82. The lowest BCUT2D eigenvalue weighted by atomic mass is 9.94. The molecule has 0 saturated carbocycles. The van der Waals surface area contributed by atoms with Crippen molar-refractivity contribution >= 4 is 40.9 Å². The highest BCUT2D eigenvalue weighted by atomic mass is 35.5. The summed E-state index contributed by atoms with van der Waals surface area (Å²) in [5, 5.41) is 12.0. The number of amides is 1. The largest absolute Gasteiger partial charge is 0.502 e. The zero-order valence-corrected chi connectivity index (χ0v) is 20.0. The third-order valence-corrected chi connectivity index (χ3v) is 7.62. The Bertz CT molecular complexity index is 1410. The van der Waals surface area contributed by atoms with E-state index in [4.69, 9.17) is 23.2 Å². The van der Waals surface area contributed by atoms with Crippen molar-refractivity contribution in [3.8, 4) is 5.75 Å². The van der Waals surface area contributed by atoms with Crippen molar-refractivity contribution in [1.29, 1.82) is 0 Å². The molecule has 0 unspecified atom stereocenters. The lowest BCUT2D eigenvalue weighted by Gasteiger charge is -2.44. The fourth-order valence-electron chi connectivity index (χ4n) is 4.44. The number of carbonyl (C=O) groups is 1. The van der Waals surface area contributed by atoms with E-state index < -0.39 is 48.2 Å². The molecule has 6 nitrogen and oxygen atoms in total. The SMILES string of the molecule is O=C1c2c(O)c(=O)c(Cl)cn2N([C@@H]2c3ccccc3SCc3cccc(Cl)c32)CN1CC(F)(F)F. The molecule has 1 aromatic heterocycles. The van der Waals surface area contributed by atoms with Gasteiger partial charge in [0.05, 0.1) is 0 Å². The van der Waals surface area contributed by atoms with Crippen molar-refractivity contribution in [3.63, 3.8) is 0 Å². The van der Waals surface area contributed by atoms with E-state index in [9.17, 15) is 27.9 Å². The van der Waals surface area contributed by atoms with Gasteiger partial charge in [0.2, 0.25) is 5.43 Å². The molecule has 1 atom stereocenters. The number of aromatic hydroxyl groups is 1. The van der Waals surface area contributed by atoms with E-state index in [1.165, 1.54) is 9.69 Å². The van der Waals surface area contributed by atoms with Gasteiger partial charge < -0.3 is 10.0 Å². The molecule has 0 spiro atoms. The van der Waals surface area contributed by atoms with Crippen LogP contribution in [0.5, 0.6) is 5.75 Å². The van der Waals surface area contributed by atoms with Crippen LogP contribution >= 0.6 is 35.0 Å². The molecule has 2 aromatic carbocycles. The first-order chi connectivity index (χ1) is 16.6. The molecule has 0 fully saturated rings. The van der Waals surface area contributed by atoms with Crippen molar-refractivity contribution < 1.29 is 23.1 Å². The van der Waals surface area contributed by atoms with Crippen molar-refractivity contribution in [3.05, 3.63) is 91.3 Å². The smallest absolute Gasteiger partial charge is 0.406 e. The van der Waals surface area contributed by atoms with Crippen LogP contribution in [-0.4, -0.2) is 40.0 Å². The van der Waals surface area contributed by atoms with Crippen LogP contribution in [0, 0.1) is 0 Å². The fourth-order valence-corrected chi connectivity index (χ4v) is 6.00. The molecular formula is C23H16Cl2F3N3O3S. The number of aromatic nitrogens is 1. The molecule has 1 amide bonds. The van der Waals surface area contributed by atoms with Gasteiger partial charge in [0.25, 0.3) is 5.91 Å². The van der Waals surface area contributed by atoms with Crippen LogP contribution in [-0.2, 0) is 5.75 Å². The molecule has 0 saturated heterocycles. The Balaban J connectivity index is 1.81. The number of hydrogen-bond donors (Lipinski definition) is 1. The zero-order valence-electron chi connectivity index (χ0n) is 17.7. The van der Waals surface area contributed by atoms with Gasteiger partial charge >= 0.3 is 6.18 Å².